The third kappa shape index (κ3) is 3.93. The lowest BCUT2D eigenvalue weighted by atomic mass is 10.3. The van der Waals surface area contributed by atoms with E-state index in [1.165, 1.54) is 12.8 Å². The third-order valence-corrected chi connectivity index (χ3v) is 3.56. The number of hydrogen-bond donors (Lipinski definition) is 2. The predicted molar refractivity (Wildman–Crippen MR) is 85.0 cm³/mol. The summed E-state index contributed by atoms with van der Waals surface area (Å²) < 4.78 is 0. The van der Waals surface area contributed by atoms with Crippen LogP contribution in [0.1, 0.15) is 33.6 Å². The van der Waals surface area contributed by atoms with Gasteiger partial charge in [-0.25, -0.2) is 0 Å². The number of rotatable bonds is 7. The van der Waals surface area contributed by atoms with Crippen LogP contribution in [0.5, 0.6) is 0 Å². The second kappa shape index (κ2) is 7.40. The maximum atomic E-state index is 9.26. The molecule has 1 aromatic heterocycles. The van der Waals surface area contributed by atoms with Gasteiger partial charge >= 0.3 is 0 Å². The highest BCUT2D eigenvalue weighted by atomic mass is 16.3. The average Bonchev–Trinajstić information content (AvgIpc) is 2.98. The topological polar surface area (TPSA) is 77.4 Å². The van der Waals surface area contributed by atoms with Gasteiger partial charge in [-0.15, -0.1) is 0 Å². The molecule has 0 spiro atoms. The van der Waals surface area contributed by atoms with Gasteiger partial charge in [0, 0.05) is 32.2 Å². The molecule has 1 aliphatic heterocycles. The van der Waals surface area contributed by atoms with Crippen molar-refractivity contribution in [2.24, 2.45) is 0 Å². The summed E-state index contributed by atoms with van der Waals surface area (Å²) in [5.74, 6) is 1.97. The molecule has 7 nitrogen and oxygen atoms in total. The van der Waals surface area contributed by atoms with E-state index in [1.807, 2.05) is 11.8 Å². The van der Waals surface area contributed by atoms with Crippen LogP contribution in [0.25, 0.3) is 0 Å². The molecule has 0 aromatic carbocycles. The van der Waals surface area contributed by atoms with Crippen molar-refractivity contribution in [2.75, 3.05) is 47.9 Å². The summed E-state index contributed by atoms with van der Waals surface area (Å²) in [4.78, 5) is 17.8. The van der Waals surface area contributed by atoms with Crippen LogP contribution in [0.2, 0.25) is 0 Å². The fraction of sp³-hybridized carbons (Fsp3) is 0.786. The van der Waals surface area contributed by atoms with Crippen molar-refractivity contribution in [3.05, 3.63) is 0 Å². The van der Waals surface area contributed by atoms with Crippen LogP contribution < -0.4 is 15.1 Å². The Bertz CT molecular complexity index is 447. The van der Waals surface area contributed by atoms with E-state index >= 15 is 0 Å². The first-order chi connectivity index (χ1) is 10.2. The van der Waals surface area contributed by atoms with E-state index < -0.39 is 0 Å². The first-order valence-electron chi connectivity index (χ1n) is 7.78. The minimum absolute atomic E-state index is 0.0828. The molecular formula is C14H26N6O. The van der Waals surface area contributed by atoms with E-state index in [1.54, 1.807) is 0 Å². The average molecular weight is 294 g/mol. The Morgan fingerprint density at radius 3 is 2.52 bits per heavy atom. The molecule has 2 N–H and O–H groups in total. The number of aliphatic hydroxyl groups excluding tert-OH is 1. The third-order valence-electron chi connectivity index (χ3n) is 3.56. The fourth-order valence-corrected chi connectivity index (χ4v) is 2.47. The molecule has 0 amide bonds. The summed E-state index contributed by atoms with van der Waals surface area (Å²) in [6.45, 7) is 9.53. The van der Waals surface area contributed by atoms with E-state index in [-0.39, 0.29) is 12.6 Å². The molecule has 0 radical (unpaired) electrons. The van der Waals surface area contributed by atoms with Crippen LogP contribution in [-0.4, -0.2) is 58.9 Å². The molecule has 2 heterocycles. The first-order valence-corrected chi connectivity index (χ1v) is 7.78. The molecule has 1 saturated heterocycles. The summed E-state index contributed by atoms with van der Waals surface area (Å²) in [5.41, 5.74) is 0. The monoisotopic (exact) mass is 294 g/mol. The quantitative estimate of drug-likeness (QED) is 0.780. The van der Waals surface area contributed by atoms with Crippen molar-refractivity contribution in [3.8, 4) is 0 Å². The number of hydrogen-bond acceptors (Lipinski definition) is 7. The minimum Gasteiger partial charge on any atom is -0.395 e. The Kier molecular flexibility index (Phi) is 5.55. The minimum atomic E-state index is 0.0828. The zero-order chi connectivity index (χ0) is 15.2. The zero-order valence-corrected chi connectivity index (χ0v) is 13.2. The van der Waals surface area contributed by atoms with Gasteiger partial charge in [0.2, 0.25) is 17.8 Å². The Morgan fingerprint density at radius 2 is 1.95 bits per heavy atom. The van der Waals surface area contributed by atoms with E-state index in [9.17, 15) is 5.11 Å². The summed E-state index contributed by atoms with van der Waals surface area (Å²) in [6.07, 6.45) is 2.37. The molecule has 2 rings (SSSR count). The van der Waals surface area contributed by atoms with Crippen LogP contribution in [0.4, 0.5) is 17.8 Å². The van der Waals surface area contributed by atoms with Gasteiger partial charge in [-0.05, 0) is 33.6 Å². The molecule has 7 heteroatoms. The van der Waals surface area contributed by atoms with E-state index in [0.29, 0.717) is 18.4 Å². The number of nitrogens with zero attached hydrogens (tertiary/aromatic N) is 5. The van der Waals surface area contributed by atoms with Gasteiger partial charge in [-0.3, -0.25) is 0 Å². The van der Waals surface area contributed by atoms with Crippen molar-refractivity contribution in [1.82, 2.24) is 15.0 Å². The summed E-state index contributed by atoms with van der Waals surface area (Å²) >= 11 is 0. The first kappa shape index (κ1) is 15.8. The van der Waals surface area contributed by atoms with E-state index in [2.05, 4.69) is 39.0 Å². The lowest BCUT2D eigenvalue weighted by Crippen LogP contribution is -2.35. The second-order valence-electron chi connectivity index (χ2n) is 5.49. The lowest BCUT2D eigenvalue weighted by Gasteiger charge is -2.27. The highest BCUT2D eigenvalue weighted by Gasteiger charge is 2.20. The Balaban J connectivity index is 2.33. The van der Waals surface area contributed by atoms with Gasteiger partial charge in [0.25, 0.3) is 0 Å². The lowest BCUT2D eigenvalue weighted by molar-refractivity contribution is 0.298. The fourth-order valence-electron chi connectivity index (χ4n) is 2.47. The van der Waals surface area contributed by atoms with Crippen molar-refractivity contribution in [2.45, 2.75) is 39.7 Å². The van der Waals surface area contributed by atoms with Crippen molar-refractivity contribution < 1.29 is 5.11 Å². The second-order valence-corrected chi connectivity index (χ2v) is 5.49. The molecule has 0 unspecified atom stereocenters. The smallest absolute Gasteiger partial charge is 0.232 e. The number of anilines is 3. The molecule has 1 fully saturated rings. The Morgan fingerprint density at radius 1 is 1.24 bits per heavy atom. The van der Waals surface area contributed by atoms with Crippen molar-refractivity contribution >= 4 is 17.8 Å². The van der Waals surface area contributed by atoms with Gasteiger partial charge in [-0.2, -0.15) is 15.0 Å². The summed E-state index contributed by atoms with van der Waals surface area (Å²) in [7, 11) is 0. The zero-order valence-electron chi connectivity index (χ0n) is 13.2. The van der Waals surface area contributed by atoms with Gasteiger partial charge in [0.15, 0.2) is 0 Å². The molecule has 0 saturated carbocycles. The van der Waals surface area contributed by atoms with Crippen LogP contribution in [0.15, 0.2) is 0 Å². The SMILES string of the molecule is CCNc1nc(N2CCCC2)nc(N(CCO)C(C)C)n1. The largest absolute Gasteiger partial charge is 0.395 e. The van der Waals surface area contributed by atoms with E-state index in [4.69, 9.17) is 0 Å². The Labute approximate surface area is 126 Å². The van der Waals surface area contributed by atoms with E-state index in [0.717, 1.165) is 25.6 Å². The molecule has 1 aromatic rings. The highest BCUT2D eigenvalue weighted by molar-refractivity contribution is 5.46. The Hall–Kier alpha value is -1.63. The molecule has 0 aliphatic carbocycles. The molecule has 1 aliphatic rings. The van der Waals surface area contributed by atoms with Gasteiger partial charge < -0.3 is 20.2 Å². The molecule has 118 valence electrons. The maximum Gasteiger partial charge on any atom is 0.232 e. The predicted octanol–water partition coefficient (Wildman–Crippen LogP) is 1.11. The van der Waals surface area contributed by atoms with Crippen molar-refractivity contribution in [1.29, 1.82) is 0 Å². The number of aliphatic hydroxyl groups is 1. The van der Waals surface area contributed by atoms with Gasteiger partial charge in [0.05, 0.1) is 6.61 Å². The van der Waals surface area contributed by atoms with Crippen LogP contribution >= 0.6 is 0 Å². The number of nitrogens with one attached hydrogen (secondary N) is 1. The highest BCUT2D eigenvalue weighted by Crippen LogP contribution is 2.21. The molecular weight excluding hydrogens is 268 g/mol. The standard InChI is InChI=1S/C14H26N6O/c1-4-15-12-16-13(19-7-5-6-8-19)18-14(17-12)20(9-10-21)11(2)3/h11,21H,4-10H2,1-3H3,(H,15,16,17,18). The number of aromatic nitrogens is 3. The molecule has 0 atom stereocenters. The summed E-state index contributed by atoms with van der Waals surface area (Å²) in [5, 5.41) is 12.4. The molecule has 0 bridgehead atoms. The molecule has 21 heavy (non-hydrogen) atoms. The normalized spacial score (nSPS) is 14.8. The maximum absolute atomic E-state index is 9.26. The van der Waals surface area contributed by atoms with Crippen LogP contribution in [0.3, 0.4) is 0 Å². The van der Waals surface area contributed by atoms with Gasteiger partial charge in [-0.1, -0.05) is 0 Å². The van der Waals surface area contributed by atoms with Crippen LogP contribution in [0, 0.1) is 0 Å². The van der Waals surface area contributed by atoms with Gasteiger partial charge in [0.1, 0.15) is 0 Å². The summed E-state index contributed by atoms with van der Waals surface area (Å²) in [6, 6.07) is 0.223. The van der Waals surface area contributed by atoms with Crippen molar-refractivity contribution in [3.63, 3.8) is 0 Å². The van der Waals surface area contributed by atoms with Crippen LogP contribution in [-0.2, 0) is 0 Å².